The predicted octanol–water partition coefficient (Wildman–Crippen LogP) is 3.34. The summed E-state index contributed by atoms with van der Waals surface area (Å²) in [5, 5.41) is 0. The Hall–Kier alpha value is 0.150. The molecule has 0 aliphatic rings. The standard InChI is InChI=1S/C10H23O3P/c1-9(2)6-7-13-14(5,11)8-12-10(3)4/h9-10H,6-8H2,1-5H3. The van der Waals surface area contributed by atoms with Gasteiger partial charge >= 0.3 is 0 Å². The van der Waals surface area contributed by atoms with E-state index in [2.05, 4.69) is 13.8 Å². The molecule has 1 atom stereocenters. The van der Waals surface area contributed by atoms with E-state index in [9.17, 15) is 4.57 Å². The van der Waals surface area contributed by atoms with Crippen LogP contribution < -0.4 is 0 Å². The lowest BCUT2D eigenvalue weighted by atomic mass is 10.2. The van der Waals surface area contributed by atoms with Crippen molar-refractivity contribution in [3.8, 4) is 0 Å². The minimum Gasteiger partial charge on any atom is -0.369 e. The molecule has 0 amide bonds. The van der Waals surface area contributed by atoms with Crippen molar-refractivity contribution in [2.45, 2.75) is 40.2 Å². The van der Waals surface area contributed by atoms with E-state index in [1.807, 2.05) is 13.8 Å². The van der Waals surface area contributed by atoms with Gasteiger partial charge in [-0.15, -0.1) is 0 Å². The molecule has 0 saturated carbocycles. The molecule has 86 valence electrons. The van der Waals surface area contributed by atoms with Crippen LogP contribution in [0.2, 0.25) is 0 Å². The van der Waals surface area contributed by atoms with Crippen molar-refractivity contribution in [2.75, 3.05) is 19.6 Å². The van der Waals surface area contributed by atoms with Gasteiger partial charge in [0.25, 0.3) is 0 Å². The molecule has 0 rings (SSSR count). The summed E-state index contributed by atoms with van der Waals surface area (Å²) >= 11 is 0. The second-order valence-corrected chi connectivity index (χ2v) is 6.92. The fraction of sp³-hybridized carbons (Fsp3) is 1.00. The van der Waals surface area contributed by atoms with Gasteiger partial charge in [0.15, 0.2) is 0 Å². The first kappa shape index (κ1) is 14.2. The van der Waals surface area contributed by atoms with E-state index in [1.54, 1.807) is 6.66 Å². The van der Waals surface area contributed by atoms with Crippen LogP contribution in [0.15, 0.2) is 0 Å². The van der Waals surface area contributed by atoms with Crippen LogP contribution in [0.25, 0.3) is 0 Å². The molecule has 0 bridgehead atoms. The number of hydrogen-bond acceptors (Lipinski definition) is 3. The Morgan fingerprint density at radius 1 is 1.21 bits per heavy atom. The van der Waals surface area contributed by atoms with Gasteiger partial charge in [0.1, 0.15) is 6.35 Å². The van der Waals surface area contributed by atoms with E-state index in [-0.39, 0.29) is 12.5 Å². The summed E-state index contributed by atoms with van der Waals surface area (Å²) in [7, 11) is -2.52. The average Bonchev–Trinajstić information content (AvgIpc) is 2.00. The van der Waals surface area contributed by atoms with Crippen molar-refractivity contribution in [1.82, 2.24) is 0 Å². The molecular weight excluding hydrogens is 199 g/mol. The fourth-order valence-corrected chi connectivity index (χ4v) is 1.94. The molecule has 1 unspecified atom stereocenters. The lowest BCUT2D eigenvalue weighted by molar-refractivity contribution is 0.105. The van der Waals surface area contributed by atoms with Gasteiger partial charge in [0, 0.05) is 6.66 Å². The smallest absolute Gasteiger partial charge is 0.225 e. The lowest BCUT2D eigenvalue weighted by Gasteiger charge is -2.16. The molecule has 0 N–H and O–H groups in total. The highest BCUT2D eigenvalue weighted by Gasteiger charge is 2.16. The molecular formula is C10H23O3P. The molecule has 0 aromatic heterocycles. The van der Waals surface area contributed by atoms with E-state index in [4.69, 9.17) is 9.26 Å². The first-order valence-electron chi connectivity index (χ1n) is 5.16. The monoisotopic (exact) mass is 222 g/mol. The van der Waals surface area contributed by atoms with Crippen molar-refractivity contribution in [1.29, 1.82) is 0 Å². The molecule has 0 heterocycles. The molecule has 0 spiro atoms. The maximum absolute atomic E-state index is 11.8. The zero-order valence-corrected chi connectivity index (χ0v) is 10.8. The zero-order valence-electron chi connectivity index (χ0n) is 9.95. The second kappa shape index (κ2) is 6.60. The Balaban J connectivity index is 3.67. The van der Waals surface area contributed by atoms with Gasteiger partial charge in [-0.05, 0) is 26.2 Å². The summed E-state index contributed by atoms with van der Waals surface area (Å²) in [4.78, 5) is 0. The molecule has 4 heteroatoms. The van der Waals surface area contributed by atoms with Gasteiger partial charge in [0.05, 0.1) is 12.7 Å². The van der Waals surface area contributed by atoms with Gasteiger partial charge in [-0.25, -0.2) is 0 Å². The first-order chi connectivity index (χ1) is 6.33. The van der Waals surface area contributed by atoms with Crippen LogP contribution in [0.3, 0.4) is 0 Å². The highest BCUT2D eigenvalue weighted by molar-refractivity contribution is 7.57. The summed E-state index contributed by atoms with van der Waals surface area (Å²) < 4.78 is 22.3. The van der Waals surface area contributed by atoms with Crippen LogP contribution in [0.4, 0.5) is 0 Å². The third kappa shape index (κ3) is 8.74. The van der Waals surface area contributed by atoms with Crippen LogP contribution in [0.1, 0.15) is 34.1 Å². The van der Waals surface area contributed by atoms with E-state index in [0.717, 1.165) is 6.42 Å². The molecule has 0 aliphatic carbocycles. The van der Waals surface area contributed by atoms with Gasteiger partial charge in [-0.2, -0.15) is 0 Å². The van der Waals surface area contributed by atoms with Crippen molar-refractivity contribution < 1.29 is 13.8 Å². The Bertz CT molecular complexity index is 190. The third-order valence-corrected chi connectivity index (χ3v) is 3.05. The van der Waals surface area contributed by atoms with Crippen molar-refractivity contribution in [2.24, 2.45) is 5.92 Å². The molecule has 14 heavy (non-hydrogen) atoms. The van der Waals surface area contributed by atoms with Gasteiger partial charge in [0.2, 0.25) is 7.37 Å². The van der Waals surface area contributed by atoms with Gasteiger partial charge in [-0.1, -0.05) is 13.8 Å². The SMILES string of the molecule is CC(C)CCOP(C)(=O)COC(C)C. The zero-order chi connectivity index (χ0) is 11.2. The number of ether oxygens (including phenoxy) is 1. The Labute approximate surface area is 87.6 Å². The highest BCUT2D eigenvalue weighted by Crippen LogP contribution is 2.42. The van der Waals surface area contributed by atoms with Crippen LogP contribution in [0.5, 0.6) is 0 Å². The summed E-state index contributed by atoms with van der Waals surface area (Å²) in [6.07, 6.45) is 1.28. The number of rotatable bonds is 7. The van der Waals surface area contributed by atoms with E-state index in [0.29, 0.717) is 12.5 Å². The molecule has 0 aromatic rings. The Morgan fingerprint density at radius 2 is 1.79 bits per heavy atom. The molecule has 0 aliphatic heterocycles. The van der Waals surface area contributed by atoms with E-state index >= 15 is 0 Å². The number of hydrogen-bond donors (Lipinski definition) is 0. The summed E-state index contributed by atoms with van der Waals surface area (Å²) in [5.41, 5.74) is 0. The summed E-state index contributed by atoms with van der Waals surface area (Å²) in [5.74, 6) is 0.584. The lowest BCUT2D eigenvalue weighted by Crippen LogP contribution is -2.07. The molecule has 3 nitrogen and oxygen atoms in total. The molecule has 0 aromatic carbocycles. The fourth-order valence-electron chi connectivity index (χ4n) is 0.803. The summed E-state index contributed by atoms with van der Waals surface area (Å²) in [6, 6.07) is 0. The Kier molecular flexibility index (Phi) is 6.67. The minimum atomic E-state index is -2.52. The maximum Gasteiger partial charge on any atom is 0.225 e. The minimum absolute atomic E-state index is 0.108. The van der Waals surface area contributed by atoms with Crippen molar-refractivity contribution in [3.63, 3.8) is 0 Å². The van der Waals surface area contributed by atoms with Crippen molar-refractivity contribution in [3.05, 3.63) is 0 Å². The molecule has 0 saturated heterocycles. The van der Waals surface area contributed by atoms with E-state index in [1.165, 1.54) is 0 Å². The average molecular weight is 222 g/mol. The summed E-state index contributed by atoms with van der Waals surface area (Å²) in [6.45, 7) is 10.3. The molecule has 0 fully saturated rings. The van der Waals surface area contributed by atoms with Gasteiger partial charge in [-0.3, -0.25) is 4.57 Å². The predicted molar refractivity (Wildman–Crippen MR) is 60.0 cm³/mol. The largest absolute Gasteiger partial charge is 0.369 e. The normalized spacial score (nSPS) is 16.2. The quantitative estimate of drug-likeness (QED) is 0.620. The topological polar surface area (TPSA) is 35.5 Å². The van der Waals surface area contributed by atoms with Gasteiger partial charge < -0.3 is 9.26 Å². The van der Waals surface area contributed by atoms with E-state index < -0.39 is 7.37 Å². The van der Waals surface area contributed by atoms with Crippen LogP contribution >= 0.6 is 7.37 Å². The van der Waals surface area contributed by atoms with Crippen molar-refractivity contribution >= 4 is 7.37 Å². The van der Waals surface area contributed by atoms with Crippen LogP contribution in [-0.4, -0.2) is 25.7 Å². The second-order valence-electron chi connectivity index (χ2n) is 4.37. The maximum atomic E-state index is 11.8. The van der Waals surface area contributed by atoms with Crippen LogP contribution in [0, 0.1) is 5.92 Å². The van der Waals surface area contributed by atoms with Crippen LogP contribution in [-0.2, 0) is 13.8 Å². The highest BCUT2D eigenvalue weighted by atomic mass is 31.2. The first-order valence-corrected chi connectivity index (χ1v) is 7.42. The Morgan fingerprint density at radius 3 is 2.21 bits per heavy atom. The third-order valence-electron chi connectivity index (χ3n) is 1.70. The molecule has 0 radical (unpaired) electrons.